The molecule has 0 atom stereocenters. The van der Waals surface area contributed by atoms with Gasteiger partial charge in [0.25, 0.3) is 5.43 Å². The number of aromatic nitrogens is 1. The van der Waals surface area contributed by atoms with Gasteiger partial charge >= 0.3 is 0 Å². The number of H-pyrrole nitrogens is 1. The van der Waals surface area contributed by atoms with Gasteiger partial charge < -0.3 is 9.63 Å². The summed E-state index contributed by atoms with van der Waals surface area (Å²) < 4.78 is 4.71. The molecule has 2 N–H and O–H groups in total. The van der Waals surface area contributed by atoms with Crippen LogP contribution in [0.15, 0.2) is 32.4 Å². The first kappa shape index (κ1) is 7.60. The topological polar surface area (TPSA) is 83.3 Å². The monoisotopic (exact) mass is 179 g/mol. The van der Waals surface area contributed by atoms with E-state index in [-0.39, 0.29) is 16.4 Å². The highest BCUT2D eigenvalue weighted by molar-refractivity contribution is 5.23. The lowest BCUT2D eigenvalue weighted by atomic mass is 10.2. The minimum Gasteiger partial charge on any atom is -0.507 e. The second kappa shape index (κ2) is 2.48. The highest BCUT2D eigenvalue weighted by atomic mass is 16.5. The Kier molecular flexibility index (Phi) is 1.45. The van der Waals surface area contributed by atoms with Gasteiger partial charge in [0, 0.05) is 12.3 Å². The molecule has 0 bridgehead atoms. The van der Waals surface area contributed by atoms with Gasteiger partial charge in [0.15, 0.2) is 0 Å². The fourth-order valence-corrected chi connectivity index (χ4v) is 1.09. The van der Waals surface area contributed by atoms with Gasteiger partial charge in [0.1, 0.15) is 5.75 Å². The molecule has 2 rings (SSSR count). The van der Waals surface area contributed by atoms with Crippen LogP contribution in [0.1, 0.15) is 0 Å². The molecule has 0 aromatic heterocycles. The zero-order valence-electron chi connectivity index (χ0n) is 6.40. The molecule has 0 aromatic rings. The van der Waals surface area contributed by atoms with Gasteiger partial charge in [-0.25, -0.2) is 5.16 Å². The van der Waals surface area contributed by atoms with E-state index in [0.717, 1.165) is 6.07 Å². The average Bonchev–Trinajstić information content (AvgIpc) is 2.15. The molecule has 1 aliphatic carbocycles. The summed E-state index contributed by atoms with van der Waals surface area (Å²) in [7, 11) is 0. The summed E-state index contributed by atoms with van der Waals surface area (Å²) in [5.41, 5.74) is -1.70. The van der Waals surface area contributed by atoms with Crippen LogP contribution < -0.4 is 10.9 Å². The van der Waals surface area contributed by atoms with E-state index < -0.39 is 10.9 Å². The Morgan fingerprint density at radius 2 is 2.15 bits per heavy atom. The predicted molar refractivity (Wildman–Crippen MR) is 42.6 cm³/mol. The predicted octanol–water partition coefficient (Wildman–Crippen LogP) is -0.242. The minimum atomic E-state index is -0.784. The molecular weight excluding hydrogens is 174 g/mol. The molecule has 1 heterocycles. The van der Waals surface area contributed by atoms with Crippen molar-refractivity contribution in [2.45, 2.75) is 0 Å². The van der Waals surface area contributed by atoms with E-state index in [1.165, 1.54) is 12.3 Å². The van der Waals surface area contributed by atoms with E-state index in [2.05, 4.69) is 5.16 Å². The second-order valence-electron chi connectivity index (χ2n) is 2.52. The zero-order chi connectivity index (χ0) is 9.42. The molecule has 2 aliphatic rings. The van der Waals surface area contributed by atoms with Crippen molar-refractivity contribution in [3.63, 3.8) is 0 Å². The summed E-state index contributed by atoms with van der Waals surface area (Å²) in [5, 5.41) is 11.8. The lowest BCUT2D eigenvalue weighted by Gasteiger charge is -1.92. The maximum Gasteiger partial charge on any atom is 0.271 e. The molecule has 0 amide bonds. The van der Waals surface area contributed by atoms with Crippen molar-refractivity contribution < 1.29 is 9.63 Å². The molecule has 5 heteroatoms. The van der Waals surface area contributed by atoms with E-state index in [9.17, 15) is 14.7 Å². The van der Waals surface area contributed by atoms with Crippen LogP contribution in [0.2, 0.25) is 0 Å². The molecular formula is C8H5NO4. The molecule has 0 spiro atoms. The van der Waals surface area contributed by atoms with Crippen LogP contribution in [-0.2, 0) is 0 Å². The van der Waals surface area contributed by atoms with Crippen molar-refractivity contribution in [3.05, 3.63) is 49.4 Å². The summed E-state index contributed by atoms with van der Waals surface area (Å²) in [6.45, 7) is 0. The summed E-state index contributed by atoms with van der Waals surface area (Å²) >= 11 is 0. The van der Waals surface area contributed by atoms with Gasteiger partial charge in [-0.2, -0.15) is 0 Å². The molecule has 13 heavy (non-hydrogen) atoms. The minimum absolute atomic E-state index is 0.160. The van der Waals surface area contributed by atoms with Gasteiger partial charge in [0.05, 0.1) is 5.22 Å². The molecule has 0 unspecified atom stereocenters. The van der Waals surface area contributed by atoms with Gasteiger partial charge in [-0.15, -0.1) is 0 Å². The molecule has 1 aliphatic heterocycles. The first-order valence-electron chi connectivity index (χ1n) is 3.53. The number of aromatic amines is 1. The Labute approximate surface area is 70.9 Å². The number of hydrogen-bond donors (Lipinski definition) is 2. The Balaban J connectivity index is 3.29. The lowest BCUT2D eigenvalue weighted by Crippen LogP contribution is -2.23. The lowest BCUT2D eigenvalue weighted by molar-refractivity contribution is 0.366. The summed E-state index contributed by atoms with van der Waals surface area (Å²) in [6.07, 6.45) is 1.41. The van der Waals surface area contributed by atoms with E-state index in [4.69, 9.17) is 4.52 Å². The Bertz CT molecular complexity index is 609. The van der Waals surface area contributed by atoms with Gasteiger partial charge in [-0.3, -0.25) is 9.59 Å². The van der Waals surface area contributed by atoms with Crippen molar-refractivity contribution in [1.29, 1.82) is 0 Å². The normalized spacial score (nSPS) is 10.5. The number of rotatable bonds is 0. The summed E-state index contributed by atoms with van der Waals surface area (Å²) in [5.74, 6) is -0.252. The Morgan fingerprint density at radius 1 is 1.38 bits per heavy atom. The first-order chi connectivity index (χ1) is 6.20. The van der Waals surface area contributed by atoms with Crippen LogP contribution in [0, 0.1) is 10.6 Å². The van der Waals surface area contributed by atoms with Crippen LogP contribution in [-0.4, -0.2) is 10.3 Å². The fraction of sp³-hybridized carbons (Fsp3) is 0. The smallest absolute Gasteiger partial charge is 0.271 e. The fourth-order valence-electron chi connectivity index (χ4n) is 1.09. The van der Waals surface area contributed by atoms with Crippen molar-refractivity contribution in [3.8, 4) is 5.75 Å². The van der Waals surface area contributed by atoms with E-state index in [1.54, 1.807) is 0 Å². The molecule has 5 nitrogen and oxygen atoms in total. The number of hydrogen-bond acceptors (Lipinski definition) is 4. The average molecular weight is 179 g/mol. The maximum absolute atomic E-state index is 11.1. The highest BCUT2D eigenvalue weighted by Crippen LogP contribution is 2.06. The second-order valence-corrected chi connectivity index (χ2v) is 2.52. The van der Waals surface area contributed by atoms with Crippen LogP contribution in [0.25, 0.3) is 0 Å². The number of aromatic hydroxyl groups is 1. The van der Waals surface area contributed by atoms with Crippen LogP contribution in [0.5, 0.6) is 5.75 Å². The SMILES string of the molecule is O=c1cc(O)c2cc[nH]oc=2c1=O. The van der Waals surface area contributed by atoms with Crippen LogP contribution in [0.3, 0.4) is 0 Å². The molecule has 0 saturated carbocycles. The Morgan fingerprint density at radius 3 is 2.92 bits per heavy atom. The van der Waals surface area contributed by atoms with E-state index in [0.29, 0.717) is 0 Å². The van der Waals surface area contributed by atoms with Crippen molar-refractivity contribution in [1.82, 2.24) is 5.16 Å². The third kappa shape index (κ3) is 1.01. The zero-order valence-corrected chi connectivity index (χ0v) is 6.40. The van der Waals surface area contributed by atoms with Crippen LogP contribution >= 0.6 is 0 Å². The standard InChI is InChI=1S/C8H5NO4/c10-5-3-6(11)7(12)8-4(5)1-2-9-13-8/h1-3,9-10H. The van der Waals surface area contributed by atoms with Gasteiger partial charge in [0.2, 0.25) is 10.8 Å². The molecule has 0 fully saturated rings. The van der Waals surface area contributed by atoms with Gasteiger partial charge in [-0.1, -0.05) is 0 Å². The highest BCUT2D eigenvalue weighted by Gasteiger charge is 2.04. The maximum atomic E-state index is 11.1. The largest absolute Gasteiger partial charge is 0.507 e. The number of nitrogens with one attached hydrogen (secondary N) is 1. The molecule has 66 valence electrons. The third-order valence-electron chi connectivity index (χ3n) is 1.70. The van der Waals surface area contributed by atoms with Crippen molar-refractivity contribution in [2.24, 2.45) is 0 Å². The van der Waals surface area contributed by atoms with Crippen molar-refractivity contribution >= 4 is 0 Å². The van der Waals surface area contributed by atoms with E-state index >= 15 is 0 Å². The van der Waals surface area contributed by atoms with Gasteiger partial charge in [-0.05, 0) is 6.07 Å². The van der Waals surface area contributed by atoms with Crippen molar-refractivity contribution in [2.75, 3.05) is 0 Å². The molecule has 0 aromatic carbocycles. The Hall–Kier alpha value is -2.04. The first-order valence-corrected chi connectivity index (χ1v) is 3.53. The van der Waals surface area contributed by atoms with Crippen LogP contribution in [0.4, 0.5) is 0 Å². The summed E-state index contributed by atoms with van der Waals surface area (Å²) in [6, 6.07) is 2.33. The quantitative estimate of drug-likeness (QED) is 0.546. The summed E-state index contributed by atoms with van der Waals surface area (Å²) in [4.78, 5) is 22.1. The third-order valence-corrected chi connectivity index (χ3v) is 1.70. The molecule has 0 radical (unpaired) electrons. The molecule has 0 saturated heterocycles. The van der Waals surface area contributed by atoms with E-state index in [1.807, 2.05) is 0 Å².